The van der Waals surface area contributed by atoms with Gasteiger partial charge in [0.05, 0.1) is 12.3 Å². The Morgan fingerprint density at radius 2 is 1.97 bits per heavy atom. The lowest BCUT2D eigenvalue weighted by atomic mass is 10.0. The summed E-state index contributed by atoms with van der Waals surface area (Å²) >= 11 is 1.66. The Morgan fingerprint density at radius 3 is 2.64 bits per heavy atom. The summed E-state index contributed by atoms with van der Waals surface area (Å²) in [5, 5.41) is 9.85. The van der Waals surface area contributed by atoms with Gasteiger partial charge in [0.2, 0.25) is 0 Å². The zero-order valence-electron chi connectivity index (χ0n) is 21.3. The van der Waals surface area contributed by atoms with Crippen molar-refractivity contribution >= 4 is 22.9 Å². The molecular weight excluding hydrogens is 470 g/mol. The van der Waals surface area contributed by atoms with Crippen molar-refractivity contribution in [3.05, 3.63) is 100 Å². The fraction of sp³-hybridized carbons (Fsp3) is 0.310. The summed E-state index contributed by atoms with van der Waals surface area (Å²) in [6.07, 6.45) is 12.0. The lowest BCUT2D eigenvalue weighted by molar-refractivity contribution is -0.136. The molecule has 0 spiro atoms. The Morgan fingerprint density at radius 1 is 1.22 bits per heavy atom. The van der Waals surface area contributed by atoms with Crippen LogP contribution in [-0.4, -0.2) is 32.6 Å². The van der Waals surface area contributed by atoms with Crippen molar-refractivity contribution in [1.82, 2.24) is 15.0 Å². The third-order valence-corrected chi connectivity index (χ3v) is 6.86. The molecule has 3 aromatic rings. The van der Waals surface area contributed by atoms with E-state index in [1.165, 1.54) is 0 Å². The third-order valence-electron chi connectivity index (χ3n) is 5.82. The lowest BCUT2D eigenvalue weighted by Gasteiger charge is -2.14. The van der Waals surface area contributed by atoms with Crippen LogP contribution in [0.15, 0.2) is 67.5 Å². The molecule has 0 saturated heterocycles. The Hall–Kier alpha value is -3.58. The van der Waals surface area contributed by atoms with E-state index in [-0.39, 0.29) is 18.3 Å². The molecule has 2 heterocycles. The highest BCUT2D eigenvalue weighted by Gasteiger charge is 2.17. The summed E-state index contributed by atoms with van der Waals surface area (Å²) in [5.74, 6) is 0.944. The second-order valence-electron chi connectivity index (χ2n) is 8.77. The van der Waals surface area contributed by atoms with Gasteiger partial charge in [-0.1, -0.05) is 50.8 Å². The molecule has 7 heteroatoms. The molecular formula is C29H33N3O3S. The number of carboxylic acid groups (broad SMARTS) is 1. The first kappa shape index (κ1) is 27.0. The fourth-order valence-electron chi connectivity index (χ4n) is 3.77. The van der Waals surface area contributed by atoms with Gasteiger partial charge in [-0.05, 0) is 49.6 Å². The molecule has 0 radical (unpaired) electrons. The van der Waals surface area contributed by atoms with Gasteiger partial charge in [-0.15, -0.1) is 11.3 Å². The molecule has 0 amide bonds. The van der Waals surface area contributed by atoms with Crippen molar-refractivity contribution in [2.24, 2.45) is 0 Å². The number of nitrogens with zero attached hydrogens (tertiary/aromatic N) is 3. The Balaban J connectivity index is 1.68. The van der Waals surface area contributed by atoms with E-state index in [0.717, 1.165) is 43.9 Å². The second kappa shape index (κ2) is 12.9. The molecule has 2 aromatic heterocycles. The van der Waals surface area contributed by atoms with Crippen LogP contribution in [0.1, 0.15) is 64.6 Å². The first-order valence-corrected chi connectivity index (χ1v) is 12.8. The summed E-state index contributed by atoms with van der Waals surface area (Å²) in [6.45, 7) is 12.6. The summed E-state index contributed by atoms with van der Waals surface area (Å²) in [7, 11) is 0. The number of benzene rings is 1. The predicted molar refractivity (Wildman–Crippen MR) is 146 cm³/mol. The largest absolute Gasteiger partial charge is 0.493 e. The zero-order chi connectivity index (χ0) is 26.1. The molecule has 36 heavy (non-hydrogen) atoms. The van der Waals surface area contributed by atoms with Gasteiger partial charge in [-0.2, -0.15) is 0 Å². The molecule has 0 aliphatic carbocycles. The van der Waals surface area contributed by atoms with Crippen molar-refractivity contribution in [3.8, 4) is 5.75 Å². The van der Waals surface area contributed by atoms with Crippen LogP contribution in [0.4, 0.5) is 0 Å². The molecule has 0 bridgehead atoms. The van der Waals surface area contributed by atoms with E-state index in [2.05, 4.69) is 49.5 Å². The number of rotatable bonds is 12. The van der Waals surface area contributed by atoms with Gasteiger partial charge in [-0.3, -0.25) is 4.79 Å². The Labute approximate surface area is 217 Å². The Kier molecular flexibility index (Phi) is 9.70. The third kappa shape index (κ3) is 7.46. The van der Waals surface area contributed by atoms with Gasteiger partial charge in [-0.25, -0.2) is 15.0 Å². The van der Waals surface area contributed by atoms with Crippen LogP contribution in [0, 0.1) is 13.8 Å². The average molecular weight is 504 g/mol. The minimum absolute atomic E-state index is 0.0752. The molecule has 188 valence electrons. The summed E-state index contributed by atoms with van der Waals surface area (Å²) in [4.78, 5) is 25.6. The number of carboxylic acids is 1. The highest BCUT2D eigenvalue weighted by atomic mass is 32.1. The summed E-state index contributed by atoms with van der Waals surface area (Å²) in [6, 6.07) is 7.64. The number of aromatic nitrogens is 3. The fourth-order valence-corrected chi connectivity index (χ4v) is 4.81. The maximum atomic E-state index is 10.8. The maximum Gasteiger partial charge on any atom is 0.303 e. The summed E-state index contributed by atoms with van der Waals surface area (Å²) < 4.78 is 6.07. The SMILES string of the molecule is C=C/C=C(\C=C/C(C)c1ncccn1)c1nc(C(C)COc2ccc(CCC(=O)O)c(C)c2)c(C)s1. The number of aliphatic carboxylic acids is 1. The lowest BCUT2D eigenvalue weighted by Crippen LogP contribution is -2.09. The minimum atomic E-state index is -0.789. The topological polar surface area (TPSA) is 85.2 Å². The standard InChI is InChI=1S/C29H33N3O3S/c1-6-8-24(10-9-19(2)28-30-15-7-16-31-28)29-32-27(22(5)36-29)21(4)18-35-25-13-11-23(20(3)17-25)12-14-26(33)34/h6-11,13,15-17,19,21H,1,12,14,18H2,2-5H3,(H,33,34)/b10-9-,24-8+. The zero-order valence-corrected chi connectivity index (χ0v) is 22.1. The van der Waals surface area contributed by atoms with E-state index in [4.69, 9.17) is 14.8 Å². The van der Waals surface area contributed by atoms with Crippen LogP contribution < -0.4 is 4.74 Å². The van der Waals surface area contributed by atoms with Gasteiger partial charge < -0.3 is 9.84 Å². The number of carbonyl (C=O) groups is 1. The quantitative estimate of drug-likeness (QED) is 0.278. The smallest absolute Gasteiger partial charge is 0.303 e. The molecule has 1 N–H and O–H groups in total. The van der Waals surface area contributed by atoms with Crippen LogP contribution in [0.3, 0.4) is 0 Å². The Bertz CT molecular complexity index is 1250. The first-order chi connectivity index (χ1) is 17.3. The minimum Gasteiger partial charge on any atom is -0.493 e. The molecule has 0 fully saturated rings. The van der Waals surface area contributed by atoms with Crippen molar-refractivity contribution in [3.63, 3.8) is 0 Å². The van der Waals surface area contributed by atoms with Crippen molar-refractivity contribution in [2.75, 3.05) is 6.61 Å². The summed E-state index contributed by atoms with van der Waals surface area (Å²) in [5.41, 5.74) is 4.08. The van der Waals surface area contributed by atoms with Crippen LogP contribution >= 0.6 is 11.3 Å². The van der Waals surface area contributed by atoms with Gasteiger partial charge in [0.1, 0.15) is 16.6 Å². The molecule has 0 aliphatic rings. The van der Waals surface area contributed by atoms with E-state index in [9.17, 15) is 4.79 Å². The monoisotopic (exact) mass is 503 g/mol. The highest BCUT2D eigenvalue weighted by Crippen LogP contribution is 2.31. The van der Waals surface area contributed by atoms with Gasteiger partial charge in [0.15, 0.2) is 0 Å². The van der Waals surface area contributed by atoms with E-state index in [0.29, 0.717) is 13.0 Å². The maximum absolute atomic E-state index is 10.8. The molecule has 2 unspecified atom stereocenters. The second-order valence-corrected chi connectivity index (χ2v) is 9.97. The van der Waals surface area contributed by atoms with Crippen molar-refractivity contribution in [2.45, 2.75) is 52.4 Å². The van der Waals surface area contributed by atoms with Crippen LogP contribution in [0.5, 0.6) is 5.75 Å². The van der Waals surface area contributed by atoms with E-state index >= 15 is 0 Å². The number of thiazole rings is 1. The molecule has 0 aliphatic heterocycles. The first-order valence-electron chi connectivity index (χ1n) is 12.0. The normalized spacial score (nSPS) is 13.5. The van der Waals surface area contributed by atoms with Crippen LogP contribution in [-0.2, 0) is 11.2 Å². The van der Waals surface area contributed by atoms with Crippen LogP contribution in [0.2, 0.25) is 0 Å². The van der Waals surface area contributed by atoms with Crippen molar-refractivity contribution in [1.29, 1.82) is 0 Å². The average Bonchev–Trinajstić information content (AvgIpc) is 3.26. The number of allylic oxidation sites excluding steroid dienone is 5. The van der Waals surface area contributed by atoms with Crippen molar-refractivity contribution < 1.29 is 14.6 Å². The van der Waals surface area contributed by atoms with E-state index < -0.39 is 5.97 Å². The van der Waals surface area contributed by atoms with Gasteiger partial charge in [0, 0.05) is 41.1 Å². The molecule has 3 rings (SSSR count). The van der Waals surface area contributed by atoms with Gasteiger partial charge >= 0.3 is 5.97 Å². The van der Waals surface area contributed by atoms with Gasteiger partial charge in [0.25, 0.3) is 0 Å². The van der Waals surface area contributed by atoms with E-state index in [1.54, 1.807) is 29.8 Å². The number of ether oxygens (including phenoxy) is 1. The molecule has 1 aromatic carbocycles. The van der Waals surface area contributed by atoms with Crippen LogP contribution in [0.25, 0.3) is 5.57 Å². The molecule has 0 saturated carbocycles. The highest BCUT2D eigenvalue weighted by molar-refractivity contribution is 7.12. The number of hydrogen-bond donors (Lipinski definition) is 1. The number of aryl methyl sites for hydroxylation is 3. The van der Waals surface area contributed by atoms with E-state index in [1.807, 2.05) is 37.3 Å². The number of hydrogen-bond acceptors (Lipinski definition) is 6. The molecule has 6 nitrogen and oxygen atoms in total. The molecule has 2 atom stereocenters. The predicted octanol–water partition coefficient (Wildman–Crippen LogP) is 6.68.